The third-order valence-corrected chi connectivity index (χ3v) is 5.42. The lowest BCUT2D eigenvalue weighted by molar-refractivity contribution is 0.299. The van der Waals surface area contributed by atoms with Crippen LogP contribution in [0, 0.1) is 25.2 Å². The Morgan fingerprint density at radius 1 is 1.09 bits per heavy atom. The molecule has 4 heterocycles. The van der Waals surface area contributed by atoms with Gasteiger partial charge in [-0.2, -0.15) is 15.5 Å². The molecule has 0 atom stereocenters. The number of aliphatic hydroxyl groups is 1. The van der Waals surface area contributed by atoms with Gasteiger partial charge in [-0.05, 0) is 62.2 Å². The average Bonchev–Trinajstić information content (AvgIpc) is 3.44. The first-order valence-electron chi connectivity index (χ1n) is 10.7. The van der Waals surface area contributed by atoms with Crippen LogP contribution in [0.2, 0.25) is 0 Å². The molecule has 0 spiro atoms. The fourth-order valence-electron chi connectivity index (χ4n) is 3.68. The summed E-state index contributed by atoms with van der Waals surface area (Å²) in [6.07, 6.45) is 3.78. The highest BCUT2D eigenvalue weighted by atomic mass is 16.3. The Bertz CT molecular complexity index is 1530. The molecule has 168 valence electrons. The van der Waals surface area contributed by atoms with Gasteiger partial charge in [0.05, 0.1) is 34.2 Å². The van der Waals surface area contributed by atoms with Crippen LogP contribution in [0.25, 0.3) is 22.7 Å². The van der Waals surface area contributed by atoms with E-state index < -0.39 is 0 Å². The molecule has 0 fully saturated rings. The zero-order valence-corrected chi connectivity index (χ0v) is 18.6. The molecule has 10 nitrogen and oxygen atoms in total. The Labute approximate surface area is 195 Å². The van der Waals surface area contributed by atoms with Gasteiger partial charge in [0.15, 0.2) is 11.6 Å². The number of pyridine rings is 1. The van der Waals surface area contributed by atoms with E-state index in [2.05, 4.69) is 31.7 Å². The van der Waals surface area contributed by atoms with E-state index in [0.29, 0.717) is 35.1 Å². The van der Waals surface area contributed by atoms with Crippen molar-refractivity contribution in [2.24, 2.45) is 0 Å². The van der Waals surface area contributed by atoms with Crippen LogP contribution in [0.5, 0.6) is 0 Å². The van der Waals surface area contributed by atoms with E-state index in [4.69, 9.17) is 4.98 Å². The molecule has 0 saturated carbocycles. The summed E-state index contributed by atoms with van der Waals surface area (Å²) in [7, 11) is 0. The quantitative estimate of drug-likeness (QED) is 0.403. The number of hydrogen-bond acceptors (Lipinski definition) is 8. The lowest BCUT2D eigenvalue weighted by atomic mass is 10.2. The van der Waals surface area contributed by atoms with Crippen molar-refractivity contribution in [2.45, 2.75) is 20.3 Å². The van der Waals surface area contributed by atoms with Crippen LogP contribution in [0.1, 0.15) is 22.5 Å². The first-order chi connectivity index (χ1) is 16.6. The van der Waals surface area contributed by atoms with Gasteiger partial charge in [0.1, 0.15) is 18.2 Å². The van der Waals surface area contributed by atoms with Crippen molar-refractivity contribution in [2.75, 3.05) is 11.9 Å². The maximum atomic E-state index is 9.52. The Morgan fingerprint density at radius 2 is 1.97 bits per heavy atom. The molecule has 0 saturated heterocycles. The topological polar surface area (TPSA) is 130 Å². The highest BCUT2D eigenvalue weighted by Gasteiger charge is 2.14. The molecule has 0 amide bonds. The molecular formula is C24H21N9O. The summed E-state index contributed by atoms with van der Waals surface area (Å²) in [6.45, 7) is 3.64. The maximum Gasteiger partial charge on any atom is 0.159 e. The molecule has 0 aliphatic heterocycles. The van der Waals surface area contributed by atoms with E-state index in [1.54, 1.807) is 24.1 Å². The van der Waals surface area contributed by atoms with Crippen molar-refractivity contribution in [3.05, 3.63) is 77.5 Å². The maximum absolute atomic E-state index is 9.52. The summed E-state index contributed by atoms with van der Waals surface area (Å²) in [4.78, 5) is 9.34. The Morgan fingerprint density at radius 3 is 2.71 bits per heavy atom. The van der Waals surface area contributed by atoms with Crippen molar-refractivity contribution in [1.29, 1.82) is 5.26 Å². The molecule has 0 bridgehead atoms. The van der Waals surface area contributed by atoms with Crippen LogP contribution in [0.3, 0.4) is 0 Å². The molecular weight excluding hydrogens is 430 g/mol. The first kappa shape index (κ1) is 21.2. The summed E-state index contributed by atoms with van der Waals surface area (Å²) in [5.41, 5.74) is 5.27. The van der Waals surface area contributed by atoms with Gasteiger partial charge in [-0.25, -0.2) is 14.6 Å². The van der Waals surface area contributed by atoms with Crippen LogP contribution in [0.15, 0.2) is 55.0 Å². The zero-order chi connectivity index (χ0) is 23.7. The number of aryl methyl sites for hydroxylation is 2. The van der Waals surface area contributed by atoms with Crippen molar-refractivity contribution < 1.29 is 5.11 Å². The summed E-state index contributed by atoms with van der Waals surface area (Å²) in [5.74, 6) is 1.84. The number of rotatable bonds is 6. The fraction of sp³-hybridized carbons (Fsp3) is 0.167. The highest BCUT2D eigenvalue weighted by Crippen LogP contribution is 2.24. The standard InChI is InChI=1S/C24H21N9O/c1-15-3-7-22(30-29-15)27-19-5-6-20-21(11-19)32(14-26-20)23-8-4-17(9-10-34)24(28-23)33-13-18(12-25)16(2)31-33/h3-8,11,13-14,34H,9-10H2,1-2H3,(H,27,30). The number of benzene rings is 1. The molecule has 1 aromatic carbocycles. The molecule has 0 radical (unpaired) electrons. The van der Waals surface area contributed by atoms with Gasteiger partial charge >= 0.3 is 0 Å². The summed E-state index contributed by atoms with van der Waals surface area (Å²) in [5, 5.41) is 34.8. The average molecular weight is 451 g/mol. The number of nitrogens with one attached hydrogen (secondary N) is 1. The summed E-state index contributed by atoms with van der Waals surface area (Å²) in [6, 6.07) is 15.5. The second-order valence-corrected chi connectivity index (χ2v) is 7.81. The first-order valence-corrected chi connectivity index (χ1v) is 10.7. The van der Waals surface area contributed by atoms with Gasteiger partial charge in [0.25, 0.3) is 0 Å². The minimum Gasteiger partial charge on any atom is -0.396 e. The SMILES string of the molecule is Cc1ccc(Nc2ccc3ncn(-c4ccc(CCO)c(-n5cc(C#N)c(C)n5)n4)c3c2)nn1. The van der Waals surface area contributed by atoms with E-state index in [1.807, 2.05) is 54.0 Å². The van der Waals surface area contributed by atoms with Crippen molar-refractivity contribution in [1.82, 2.24) is 34.5 Å². The van der Waals surface area contributed by atoms with Crippen LogP contribution in [0.4, 0.5) is 11.5 Å². The fourth-order valence-corrected chi connectivity index (χ4v) is 3.68. The van der Waals surface area contributed by atoms with Gasteiger partial charge in [0.2, 0.25) is 0 Å². The molecule has 0 aliphatic rings. The van der Waals surface area contributed by atoms with Crippen molar-refractivity contribution in [3.8, 4) is 17.7 Å². The van der Waals surface area contributed by atoms with Gasteiger partial charge in [0, 0.05) is 12.3 Å². The third-order valence-electron chi connectivity index (χ3n) is 5.42. The van der Waals surface area contributed by atoms with Gasteiger partial charge in [-0.15, -0.1) is 5.10 Å². The highest BCUT2D eigenvalue weighted by molar-refractivity contribution is 5.82. The van der Waals surface area contributed by atoms with Gasteiger partial charge in [-0.1, -0.05) is 6.07 Å². The molecule has 4 aromatic heterocycles. The molecule has 0 aliphatic carbocycles. The third kappa shape index (κ3) is 3.96. The zero-order valence-electron chi connectivity index (χ0n) is 18.6. The predicted molar refractivity (Wildman–Crippen MR) is 126 cm³/mol. The second-order valence-electron chi connectivity index (χ2n) is 7.81. The number of anilines is 2. The van der Waals surface area contributed by atoms with E-state index in [9.17, 15) is 10.4 Å². The summed E-state index contributed by atoms with van der Waals surface area (Å²) >= 11 is 0. The Balaban J connectivity index is 1.57. The van der Waals surface area contributed by atoms with E-state index in [-0.39, 0.29) is 6.61 Å². The molecule has 2 N–H and O–H groups in total. The van der Waals surface area contributed by atoms with Crippen molar-refractivity contribution >= 4 is 22.5 Å². The monoisotopic (exact) mass is 451 g/mol. The lowest BCUT2D eigenvalue weighted by Crippen LogP contribution is -2.08. The molecule has 5 aromatic rings. The normalized spacial score (nSPS) is 11.0. The van der Waals surface area contributed by atoms with Crippen LogP contribution in [-0.4, -0.2) is 46.2 Å². The Kier molecular flexibility index (Phi) is 5.45. The minimum absolute atomic E-state index is 0.0235. The lowest BCUT2D eigenvalue weighted by Gasteiger charge is -2.12. The smallest absolute Gasteiger partial charge is 0.159 e. The number of nitrogens with zero attached hydrogens (tertiary/aromatic N) is 8. The van der Waals surface area contributed by atoms with Crippen LogP contribution < -0.4 is 5.32 Å². The molecule has 5 rings (SSSR count). The van der Waals surface area contributed by atoms with Crippen LogP contribution >= 0.6 is 0 Å². The largest absolute Gasteiger partial charge is 0.396 e. The molecule has 10 heteroatoms. The number of aliphatic hydroxyl groups excluding tert-OH is 1. The predicted octanol–water partition coefficient (Wildman–Crippen LogP) is 3.16. The second kappa shape index (κ2) is 8.73. The van der Waals surface area contributed by atoms with E-state index >= 15 is 0 Å². The number of hydrogen-bond donors (Lipinski definition) is 2. The van der Waals surface area contributed by atoms with Gasteiger partial charge in [-0.3, -0.25) is 4.57 Å². The number of aromatic nitrogens is 7. The van der Waals surface area contributed by atoms with E-state index in [0.717, 1.165) is 28.0 Å². The van der Waals surface area contributed by atoms with Crippen LogP contribution in [-0.2, 0) is 6.42 Å². The Hall–Kier alpha value is -4.62. The van der Waals surface area contributed by atoms with Crippen molar-refractivity contribution in [3.63, 3.8) is 0 Å². The summed E-state index contributed by atoms with van der Waals surface area (Å²) < 4.78 is 3.47. The number of nitriles is 1. The molecule has 0 unspecified atom stereocenters. The van der Waals surface area contributed by atoms with Gasteiger partial charge < -0.3 is 10.4 Å². The number of imidazole rings is 1. The molecule has 34 heavy (non-hydrogen) atoms. The van der Waals surface area contributed by atoms with E-state index in [1.165, 1.54) is 0 Å². The number of fused-ring (bicyclic) bond motifs is 1. The minimum atomic E-state index is -0.0235.